The molecule has 0 aromatic heterocycles. The van der Waals surface area contributed by atoms with Crippen LogP contribution in [0.4, 0.5) is 0 Å². The Morgan fingerprint density at radius 2 is 1.82 bits per heavy atom. The summed E-state index contributed by atoms with van der Waals surface area (Å²) in [6.45, 7) is 1.94. The molecule has 0 radical (unpaired) electrons. The molecule has 0 saturated carbocycles. The predicted octanol–water partition coefficient (Wildman–Crippen LogP) is 2.12. The Kier molecular flexibility index (Phi) is 5.65. The highest BCUT2D eigenvalue weighted by Crippen LogP contribution is 2.09. The zero-order chi connectivity index (χ0) is 12.7. The lowest BCUT2D eigenvalue weighted by Crippen LogP contribution is -2.15. The molecule has 0 aliphatic carbocycles. The zero-order valence-electron chi connectivity index (χ0n) is 10.3. The Balaban J connectivity index is 2.37. The summed E-state index contributed by atoms with van der Waals surface area (Å²) in [7, 11) is -2.97. The average Bonchev–Trinajstić information content (AvgIpc) is 2.25. The SMILES string of the molecule is CC(N)CCCCS(=O)(=O)Cc1ccccc1. The van der Waals surface area contributed by atoms with Crippen LogP contribution in [-0.4, -0.2) is 20.2 Å². The van der Waals surface area contributed by atoms with Crippen molar-refractivity contribution in [3.8, 4) is 0 Å². The molecule has 0 heterocycles. The molecule has 0 aliphatic rings. The molecule has 4 heteroatoms. The van der Waals surface area contributed by atoms with Gasteiger partial charge in [0, 0.05) is 6.04 Å². The van der Waals surface area contributed by atoms with E-state index in [-0.39, 0.29) is 17.5 Å². The zero-order valence-corrected chi connectivity index (χ0v) is 11.1. The second-order valence-electron chi connectivity index (χ2n) is 4.55. The van der Waals surface area contributed by atoms with Crippen molar-refractivity contribution in [2.75, 3.05) is 5.75 Å². The molecule has 17 heavy (non-hydrogen) atoms. The van der Waals surface area contributed by atoms with Crippen LogP contribution in [0.1, 0.15) is 31.7 Å². The number of benzene rings is 1. The molecule has 0 saturated heterocycles. The predicted molar refractivity (Wildman–Crippen MR) is 71.4 cm³/mol. The Morgan fingerprint density at radius 1 is 1.18 bits per heavy atom. The summed E-state index contributed by atoms with van der Waals surface area (Å²) < 4.78 is 23.6. The Morgan fingerprint density at radius 3 is 2.41 bits per heavy atom. The van der Waals surface area contributed by atoms with Crippen LogP contribution in [0.5, 0.6) is 0 Å². The molecule has 0 bridgehead atoms. The van der Waals surface area contributed by atoms with Crippen molar-refractivity contribution < 1.29 is 8.42 Å². The van der Waals surface area contributed by atoms with Crippen molar-refractivity contribution in [1.29, 1.82) is 0 Å². The van der Waals surface area contributed by atoms with E-state index in [9.17, 15) is 8.42 Å². The lowest BCUT2D eigenvalue weighted by Gasteiger charge is -2.06. The quantitative estimate of drug-likeness (QED) is 0.759. The number of rotatable bonds is 7. The molecular formula is C13H21NO2S. The summed E-state index contributed by atoms with van der Waals surface area (Å²) in [6, 6.07) is 9.46. The van der Waals surface area contributed by atoms with Crippen molar-refractivity contribution in [2.45, 2.75) is 38.0 Å². The van der Waals surface area contributed by atoms with E-state index in [0.29, 0.717) is 6.42 Å². The van der Waals surface area contributed by atoms with E-state index in [0.717, 1.165) is 18.4 Å². The van der Waals surface area contributed by atoms with Crippen LogP contribution < -0.4 is 5.73 Å². The maximum atomic E-state index is 11.8. The summed E-state index contributed by atoms with van der Waals surface area (Å²) in [4.78, 5) is 0. The van der Waals surface area contributed by atoms with Gasteiger partial charge in [-0.3, -0.25) is 0 Å². The summed E-state index contributed by atoms with van der Waals surface area (Å²) >= 11 is 0. The van der Waals surface area contributed by atoms with Crippen LogP contribution >= 0.6 is 0 Å². The molecule has 0 spiro atoms. The molecule has 2 N–H and O–H groups in total. The normalized spacial score (nSPS) is 13.5. The molecule has 1 aromatic rings. The summed E-state index contributed by atoms with van der Waals surface area (Å²) in [5, 5.41) is 0. The lowest BCUT2D eigenvalue weighted by atomic mass is 10.2. The largest absolute Gasteiger partial charge is 0.328 e. The van der Waals surface area contributed by atoms with Gasteiger partial charge in [-0.1, -0.05) is 36.8 Å². The van der Waals surface area contributed by atoms with E-state index in [2.05, 4.69) is 0 Å². The number of nitrogens with two attached hydrogens (primary N) is 1. The maximum Gasteiger partial charge on any atom is 0.154 e. The van der Waals surface area contributed by atoms with Gasteiger partial charge in [-0.15, -0.1) is 0 Å². The van der Waals surface area contributed by atoms with Gasteiger partial charge in [0.05, 0.1) is 11.5 Å². The summed E-state index contributed by atoms with van der Waals surface area (Å²) in [6.07, 6.45) is 2.48. The van der Waals surface area contributed by atoms with Crippen LogP contribution in [0.2, 0.25) is 0 Å². The highest BCUT2D eigenvalue weighted by molar-refractivity contribution is 7.90. The number of hydrogen-bond acceptors (Lipinski definition) is 3. The average molecular weight is 255 g/mol. The highest BCUT2D eigenvalue weighted by Gasteiger charge is 2.11. The Bertz CT molecular complexity index is 412. The molecule has 1 aromatic carbocycles. The first-order valence-electron chi connectivity index (χ1n) is 5.99. The van der Waals surface area contributed by atoms with Crippen LogP contribution in [-0.2, 0) is 15.6 Å². The lowest BCUT2D eigenvalue weighted by molar-refractivity contribution is 0.579. The van der Waals surface area contributed by atoms with Crippen molar-refractivity contribution in [3.63, 3.8) is 0 Å². The van der Waals surface area contributed by atoms with Gasteiger partial charge in [0.25, 0.3) is 0 Å². The third-order valence-corrected chi connectivity index (χ3v) is 4.28. The van der Waals surface area contributed by atoms with E-state index in [1.807, 2.05) is 37.3 Å². The fourth-order valence-electron chi connectivity index (χ4n) is 1.69. The molecule has 0 fully saturated rings. The smallest absolute Gasteiger partial charge is 0.154 e. The second-order valence-corrected chi connectivity index (χ2v) is 6.73. The van der Waals surface area contributed by atoms with Crippen LogP contribution in [0.15, 0.2) is 30.3 Å². The molecule has 1 rings (SSSR count). The molecule has 3 nitrogen and oxygen atoms in total. The van der Waals surface area contributed by atoms with E-state index in [4.69, 9.17) is 5.73 Å². The number of hydrogen-bond donors (Lipinski definition) is 1. The minimum absolute atomic E-state index is 0.145. The van der Waals surface area contributed by atoms with Crippen molar-refractivity contribution in [2.24, 2.45) is 5.73 Å². The van der Waals surface area contributed by atoms with Gasteiger partial charge < -0.3 is 5.73 Å². The minimum Gasteiger partial charge on any atom is -0.328 e. The van der Waals surface area contributed by atoms with Gasteiger partial charge in [0.2, 0.25) is 0 Å². The molecule has 0 amide bonds. The van der Waals surface area contributed by atoms with Crippen LogP contribution in [0, 0.1) is 0 Å². The molecule has 1 atom stereocenters. The van der Waals surface area contributed by atoms with E-state index >= 15 is 0 Å². The highest BCUT2D eigenvalue weighted by atomic mass is 32.2. The third kappa shape index (κ3) is 6.44. The van der Waals surface area contributed by atoms with Crippen molar-refractivity contribution in [1.82, 2.24) is 0 Å². The van der Waals surface area contributed by atoms with Gasteiger partial charge in [0.15, 0.2) is 9.84 Å². The van der Waals surface area contributed by atoms with E-state index in [1.165, 1.54) is 0 Å². The standard InChI is InChI=1S/C13H21NO2S/c1-12(14)7-5-6-10-17(15,16)11-13-8-3-2-4-9-13/h2-4,8-9,12H,5-7,10-11,14H2,1H3. The number of sulfone groups is 1. The van der Waals surface area contributed by atoms with Crippen LogP contribution in [0.3, 0.4) is 0 Å². The summed E-state index contributed by atoms with van der Waals surface area (Å²) in [5.74, 6) is 0.403. The second kappa shape index (κ2) is 6.77. The topological polar surface area (TPSA) is 60.2 Å². The molecule has 1 unspecified atom stereocenters. The maximum absolute atomic E-state index is 11.8. The summed E-state index contributed by atoms with van der Waals surface area (Å²) in [5.41, 5.74) is 6.48. The molecular weight excluding hydrogens is 234 g/mol. The van der Waals surface area contributed by atoms with Gasteiger partial charge in [-0.2, -0.15) is 0 Å². The van der Waals surface area contributed by atoms with Gasteiger partial charge >= 0.3 is 0 Å². The van der Waals surface area contributed by atoms with E-state index < -0.39 is 9.84 Å². The van der Waals surface area contributed by atoms with Gasteiger partial charge in [-0.05, 0) is 25.3 Å². The van der Waals surface area contributed by atoms with E-state index in [1.54, 1.807) is 0 Å². The monoisotopic (exact) mass is 255 g/mol. The van der Waals surface area contributed by atoms with Gasteiger partial charge in [0.1, 0.15) is 0 Å². The van der Waals surface area contributed by atoms with Crippen molar-refractivity contribution >= 4 is 9.84 Å². The van der Waals surface area contributed by atoms with Crippen molar-refractivity contribution in [3.05, 3.63) is 35.9 Å². The first kappa shape index (κ1) is 14.2. The minimum atomic E-state index is -2.97. The Hall–Kier alpha value is -0.870. The fourth-order valence-corrected chi connectivity index (χ4v) is 3.18. The first-order chi connectivity index (χ1) is 7.99. The van der Waals surface area contributed by atoms with Crippen LogP contribution in [0.25, 0.3) is 0 Å². The molecule has 0 aliphatic heterocycles. The first-order valence-corrected chi connectivity index (χ1v) is 7.82. The number of unbranched alkanes of at least 4 members (excludes halogenated alkanes) is 1. The fraction of sp³-hybridized carbons (Fsp3) is 0.538. The Labute approximate surface area is 104 Å². The molecule has 96 valence electrons. The van der Waals surface area contributed by atoms with Gasteiger partial charge in [-0.25, -0.2) is 8.42 Å². The third-order valence-electron chi connectivity index (χ3n) is 2.59.